The summed E-state index contributed by atoms with van der Waals surface area (Å²) in [7, 11) is 3.52. The van der Waals surface area contributed by atoms with Crippen LogP contribution in [-0.2, 0) is 22.6 Å². The van der Waals surface area contributed by atoms with Gasteiger partial charge in [0.15, 0.2) is 0 Å². The van der Waals surface area contributed by atoms with Crippen molar-refractivity contribution in [2.24, 2.45) is 11.7 Å². The summed E-state index contributed by atoms with van der Waals surface area (Å²) in [6.45, 7) is 1.25. The van der Waals surface area contributed by atoms with Crippen LogP contribution < -0.4 is 5.73 Å². The Labute approximate surface area is 155 Å². The van der Waals surface area contributed by atoms with Crippen LogP contribution in [0.3, 0.4) is 0 Å². The van der Waals surface area contributed by atoms with Gasteiger partial charge < -0.3 is 19.9 Å². The number of benzene rings is 1. The number of ether oxygens (including phenoxy) is 1. The first-order chi connectivity index (χ1) is 12.6. The van der Waals surface area contributed by atoms with Crippen LogP contribution in [-0.4, -0.2) is 46.7 Å². The standard InChI is InChI=1S/C20H28N4O2/c1-23(20(25)16-8-9-17(21)18(12-16)26-2)14-19-22-10-11-24(19)13-15-6-4-3-5-7-15/h3-7,10-11,16-18H,8-9,12-14,21H2,1-2H3/t16-,17+,18+/m0/s1. The average Bonchev–Trinajstić information content (AvgIpc) is 3.09. The lowest BCUT2D eigenvalue weighted by atomic mass is 9.83. The van der Waals surface area contributed by atoms with E-state index in [-0.39, 0.29) is 24.0 Å². The maximum absolute atomic E-state index is 12.9. The van der Waals surface area contributed by atoms with Gasteiger partial charge in [-0.1, -0.05) is 30.3 Å². The largest absolute Gasteiger partial charge is 0.380 e. The Bertz CT molecular complexity index is 716. The number of imidazole rings is 1. The highest BCUT2D eigenvalue weighted by atomic mass is 16.5. The van der Waals surface area contributed by atoms with Crippen molar-refractivity contribution in [2.45, 2.75) is 44.5 Å². The molecule has 0 unspecified atom stereocenters. The maximum atomic E-state index is 12.9. The molecule has 1 aliphatic carbocycles. The molecular formula is C20H28N4O2. The van der Waals surface area contributed by atoms with Gasteiger partial charge in [0.1, 0.15) is 5.82 Å². The predicted molar refractivity (Wildman–Crippen MR) is 100 cm³/mol. The van der Waals surface area contributed by atoms with Crippen LogP contribution >= 0.6 is 0 Å². The summed E-state index contributed by atoms with van der Waals surface area (Å²) in [5, 5.41) is 0. The highest BCUT2D eigenvalue weighted by Crippen LogP contribution is 2.27. The molecule has 2 aromatic rings. The lowest BCUT2D eigenvalue weighted by Gasteiger charge is -2.34. The molecule has 1 aliphatic rings. The molecule has 2 N–H and O–H groups in total. The van der Waals surface area contributed by atoms with Gasteiger partial charge in [-0.05, 0) is 24.8 Å². The fourth-order valence-corrected chi connectivity index (χ4v) is 3.67. The third-order valence-corrected chi connectivity index (χ3v) is 5.25. The van der Waals surface area contributed by atoms with Crippen LogP contribution in [0.4, 0.5) is 0 Å². The molecule has 6 nitrogen and oxygen atoms in total. The van der Waals surface area contributed by atoms with E-state index in [1.807, 2.05) is 31.4 Å². The van der Waals surface area contributed by atoms with Gasteiger partial charge in [-0.2, -0.15) is 0 Å². The van der Waals surface area contributed by atoms with E-state index in [1.54, 1.807) is 18.2 Å². The molecule has 3 atom stereocenters. The zero-order valence-corrected chi connectivity index (χ0v) is 15.5. The molecule has 0 spiro atoms. The number of aromatic nitrogens is 2. The Hall–Kier alpha value is -2.18. The monoisotopic (exact) mass is 356 g/mol. The lowest BCUT2D eigenvalue weighted by Crippen LogP contribution is -2.45. The minimum Gasteiger partial charge on any atom is -0.380 e. The Morgan fingerprint density at radius 1 is 1.35 bits per heavy atom. The van der Waals surface area contributed by atoms with Crippen molar-refractivity contribution in [3.63, 3.8) is 0 Å². The van der Waals surface area contributed by atoms with Gasteiger partial charge in [0.05, 0.1) is 12.6 Å². The van der Waals surface area contributed by atoms with Crippen LogP contribution in [0.1, 0.15) is 30.7 Å². The first-order valence-corrected chi connectivity index (χ1v) is 9.15. The Balaban J connectivity index is 1.62. The van der Waals surface area contributed by atoms with E-state index in [2.05, 4.69) is 21.7 Å². The summed E-state index contributed by atoms with van der Waals surface area (Å²) in [6.07, 6.45) is 6.05. The van der Waals surface area contributed by atoms with Gasteiger partial charge in [0, 0.05) is 45.1 Å². The van der Waals surface area contributed by atoms with Crippen molar-refractivity contribution in [3.8, 4) is 0 Å². The Morgan fingerprint density at radius 3 is 2.85 bits per heavy atom. The van der Waals surface area contributed by atoms with Gasteiger partial charge in [-0.3, -0.25) is 4.79 Å². The van der Waals surface area contributed by atoms with E-state index >= 15 is 0 Å². The number of hydrogen-bond donors (Lipinski definition) is 1. The molecule has 3 rings (SSSR count). The van der Waals surface area contributed by atoms with E-state index in [4.69, 9.17) is 10.5 Å². The molecule has 0 radical (unpaired) electrons. The Morgan fingerprint density at radius 2 is 2.12 bits per heavy atom. The second kappa shape index (κ2) is 8.47. The zero-order chi connectivity index (χ0) is 18.5. The van der Waals surface area contributed by atoms with Crippen LogP contribution in [0.5, 0.6) is 0 Å². The molecule has 0 bridgehead atoms. The van der Waals surface area contributed by atoms with Crippen molar-refractivity contribution >= 4 is 5.91 Å². The van der Waals surface area contributed by atoms with Crippen LogP contribution in [0.15, 0.2) is 42.7 Å². The van der Waals surface area contributed by atoms with Gasteiger partial charge >= 0.3 is 0 Å². The van der Waals surface area contributed by atoms with Crippen molar-refractivity contribution in [1.29, 1.82) is 0 Å². The molecule has 0 aliphatic heterocycles. The summed E-state index contributed by atoms with van der Waals surface area (Å²) in [4.78, 5) is 19.1. The SMILES string of the molecule is CO[C@@H]1C[C@@H](C(=O)N(C)Cc2nccn2Cc2ccccc2)CC[C@H]1N. The molecule has 140 valence electrons. The van der Waals surface area contributed by atoms with Crippen molar-refractivity contribution < 1.29 is 9.53 Å². The average molecular weight is 356 g/mol. The summed E-state index contributed by atoms with van der Waals surface area (Å²) in [6, 6.07) is 10.3. The molecular weight excluding hydrogens is 328 g/mol. The number of carbonyl (C=O) groups is 1. The number of carbonyl (C=O) groups excluding carboxylic acids is 1. The zero-order valence-electron chi connectivity index (χ0n) is 15.5. The third-order valence-electron chi connectivity index (χ3n) is 5.25. The smallest absolute Gasteiger partial charge is 0.225 e. The molecule has 0 saturated heterocycles. The highest BCUT2D eigenvalue weighted by molar-refractivity contribution is 5.78. The van der Waals surface area contributed by atoms with E-state index in [1.165, 1.54) is 5.56 Å². The highest BCUT2D eigenvalue weighted by Gasteiger charge is 2.33. The number of nitrogens with two attached hydrogens (primary N) is 1. The molecule has 1 fully saturated rings. The van der Waals surface area contributed by atoms with Crippen molar-refractivity contribution in [3.05, 3.63) is 54.1 Å². The fourth-order valence-electron chi connectivity index (χ4n) is 3.67. The van der Waals surface area contributed by atoms with E-state index < -0.39 is 0 Å². The van der Waals surface area contributed by atoms with Gasteiger partial charge in [0.25, 0.3) is 0 Å². The fraction of sp³-hybridized carbons (Fsp3) is 0.500. The summed E-state index contributed by atoms with van der Waals surface area (Å²) in [5.74, 6) is 1.01. The molecule has 6 heteroatoms. The van der Waals surface area contributed by atoms with Crippen LogP contribution in [0, 0.1) is 5.92 Å². The first kappa shape index (κ1) is 18.6. The second-order valence-electron chi connectivity index (χ2n) is 7.10. The number of amides is 1. The number of rotatable bonds is 6. The summed E-state index contributed by atoms with van der Waals surface area (Å²) >= 11 is 0. The molecule has 1 saturated carbocycles. The molecule has 26 heavy (non-hydrogen) atoms. The normalized spacial score (nSPS) is 23.0. The third kappa shape index (κ3) is 4.31. The van der Waals surface area contributed by atoms with Crippen LogP contribution in [0.25, 0.3) is 0 Å². The topological polar surface area (TPSA) is 73.4 Å². The van der Waals surface area contributed by atoms with Gasteiger partial charge in [-0.15, -0.1) is 0 Å². The van der Waals surface area contributed by atoms with Gasteiger partial charge in [0.2, 0.25) is 5.91 Å². The van der Waals surface area contributed by atoms with E-state index in [9.17, 15) is 4.79 Å². The molecule has 1 aromatic carbocycles. The van der Waals surface area contributed by atoms with Crippen molar-refractivity contribution in [2.75, 3.05) is 14.2 Å². The van der Waals surface area contributed by atoms with Crippen molar-refractivity contribution in [1.82, 2.24) is 14.5 Å². The quantitative estimate of drug-likeness (QED) is 0.859. The predicted octanol–water partition coefficient (Wildman–Crippen LogP) is 2.03. The molecule has 1 amide bonds. The number of hydrogen-bond acceptors (Lipinski definition) is 4. The van der Waals surface area contributed by atoms with Crippen LogP contribution in [0.2, 0.25) is 0 Å². The summed E-state index contributed by atoms with van der Waals surface area (Å²) < 4.78 is 7.53. The maximum Gasteiger partial charge on any atom is 0.225 e. The lowest BCUT2D eigenvalue weighted by molar-refractivity contribution is -0.137. The number of methoxy groups -OCH3 is 1. The minimum absolute atomic E-state index is 0.0257. The number of nitrogens with zero attached hydrogens (tertiary/aromatic N) is 3. The Kier molecular flexibility index (Phi) is 6.06. The minimum atomic E-state index is -0.0360. The second-order valence-corrected chi connectivity index (χ2v) is 7.10. The van der Waals surface area contributed by atoms with E-state index in [0.717, 1.165) is 25.2 Å². The van der Waals surface area contributed by atoms with E-state index in [0.29, 0.717) is 13.0 Å². The summed E-state index contributed by atoms with van der Waals surface area (Å²) in [5.41, 5.74) is 7.28. The molecule has 1 aromatic heterocycles. The van der Waals surface area contributed by atoms with Gasteiger partial charge in [-0.25, -0.2) is 4.98 Å². The first-order valence-electron chi connectivity index (χ1n) is 9.15. The molecule has 1 heterocycles.